The Balaban J connectivity index is 1.86. The van der Waals surface area contributed by atoms with Crippen LogP contribution < -0.4 is 5.32 Å². The van der Waals surface area contributed by atoms with E-state index in [4.69, 9.17) is 0 Å². The Kier molecular flexibility index (Phi) is 4.36. The highest BCUT2D eigenvalue weighted by molar-refractivity contribution is 7.17. The summed E-state index contributed by atoms with van der Waals surface area (Å²) < 4.78 is 1.91. The minimum atomic E-state index is -0.0694. The van der Waals surface area contributed by atoms with Gasteiger partial charge < -0.3 is 5.32 Å². The van der Waals surface area contributed by atoms with Gasteiger partial charge in [0.1, 0.15) is 5.69 Å². The summed E-state index contributed by atoms with van der Waals surface area (Å²) in [7, 11) is 0. The summed E-state index contributed by atoms with van der Waals surface area (Å²) >= 11 is 1.60. The van der Waals surface area contributed by atoms with Crippen molar-refractivity contribution in [2.75, 3.05) is 6.54 Å². The van der Waals surface area contributed by atoms with Crippen LogP contribution in [0.3, 0.4) is 0 Å². The Labute approximate surface area is 111 Å². The van der Waals surface area contributed by atoms with Gasteiger partial charge in [-0.05, 0) is 13.3 Å². The molecule has 2 aromatic heterocycles. The van der Waals surface area contributed by atoms with E-state index in [1.165, 1.54) is 24.1 Å². The first-order valence-electron chi connectivity index (χ1n) is 6.44. The first-order chi connectivity index (χ1) is 8.70. The van der Waals surface area contributed by atoms with Crippen molar-refractivity contribution in [3.63, 3.8) is 0 Å². The SMILES string of the molecule is CCCCCCNC(=O)c1cn2cc(C)sc2n1. The number of nitrogens with one attached hydrogen (secondary N) is 1. The van der Waals surface area contributed by atoms with Gasteiger partial charge in [0, 0.05) is 23.8 Å². The summed E-state index contributed by atoms with van der Waals surface area (Å²) in [6.07, 6.45) is 8.44. The van der Waals surface area contributed by atoms with Crippen molar-refractivity contribution in [3.8, 4) is 0 Å². The zero-order valence-electron chi connectivity index (χ0n) is 10.9. The number of rotatable bonds is 6. The number of hydrogen-bond acceptors (Lipinski definition) is 3. The molecule has 0 fully saturated rings. The standard InChI is InChI=1S/C13H19N3OS/c1-3-4-5-6-7-14-12(17)11-9-16-8-10(2)18-13(16)15-11/h8-9H,3-7H2,1-2H3,(H,14,17). The molecule has 2 rings (SSSR count). The van der Waals surface area contributed by atoms with Crippen LogP contribution in [0.15, 0.2) is 12.4 Å². The molecule has 2 heterocycles. The van der Waals surface area contributed by atoms with Crippen molar-refractivity contribution in [1.29, 1.82) is 0 Å². The van der Waals surface area contributed by atoms with Gasteiger partial charge in [0.25, 0.3) is 5.91 Å². The van der Waals surface area contributed by atoms with Gasteiger partial charge in [0.15, 0.2) is 4.96 Å². The van der Waals surface area contributed by atoms with E-state index in [9.17, 15) is 4.79 Å². The number of unbranched alkanes of at least 4 members (excludes halogenated alkanes) is 3. The van der Waals surface area contributed by atoms with Crippen molar-refractivity contribution >= 4 is 22.2 Å². The molecule has 0 aromatic carbocycles. The molecule has 0 saturated heterocycles. The van der Waals surface area contributed by atoms with Crippen LogP contribution in [-0.4, -0.2) is 21.8 Å². The Hall–Kier alpha value is -1.36. The molecule has 0 radical (unpaired) electrons. The fourth-order valence-corrected chi connectivity index (χ4v) is 2.67. The van der Waals surface area contributed by atoms with E-state index >= 15 is 0 Å². The summed E-state index contributed by atoms with van der Waals surface area (Å²) in [4.78, 5) is 18.2. The summed E-state index contributed by atoms with van der Waals surface area (Å²) in [6, 6.07) is 0. The Morgan fingerprint density at radius 2 is 2.22 bits per heavy atom. The Morgan fingerprint density at radius 3 is 2.94 bits per heavy atom. The van der Waals surface area contributed by atoms with Gasteiger partial charge in [0.2, 0.25) is 0 Å². The number of aromatic nitrogens is 2. The third-order valence-corrected chi connectivity index (χ3v) is 3.73. The van der Waals surface area contributed by atoms with Crippen molar-refractivity contribution in [2.24, 2.45) is 0 Å². The van der Waals surface area contributed by atoms with Crippen molar-refractivity contribution in [3.05, 3.63) is 23.0 Å². The molecule has 1 N–H and O–H groups in total. The Bertz CT molecular complexity index is 498. The molecule has 0 spiro atoms. The van der Waals surface area contributed by atoms with Crippen molar-refractivity contribution < 1.29 is 4.79 Å². The van der Waals surface area contributed by atoms with Crippen LogP contribution in [0.5, 0.6) is 0 Å². The van der Waals surface area contributed by atoms with Gasteiger partial charge in [-0.15, -0.1) is 11.3 Å². The smallest absolute Gasteiger partial charge is 0.271 e. The maximum absolute atomic E-state index is 11.8. The van der Waals surface area contributed by atoms with Crippen LogP contribution >= 0.6 is 11.3 Å². The fraction of sp³-hybridized carbons (Fsp3) is 0.538. The topological polar surface area (TPSA) is 46.4 Å². The summed E-state index contributed by atoms with van der Waals surface area (Å²) in [5.41, 5.74) is 0.511. The number of carbonyl (C=O) groups excluding carboxylic acids is 1. The van der Waals surface area contributed by atoms with Gasteiger partial charge in [0.05, 0.1) is 0 Å². The van der Waals surface area contributed by atoms with Gasteiger partial charge in [-0.3, -0.25) is 9.20 Å². The third-order valence-electron chi connectivity index (χ3n) is 2.82. The average Bonchev–Trinajstić information content (AvgIpc) is 2.85. The number of imidazole rings is 1. The zero-order valence-corrected chi connectivity index (χ0v) is 11.7. The number of amides is 1. The second-order valence-corrected chi connectivity index (χ2v) is 5.69. The fourth-order valence-electron chi connectivity index (χ4n) is 1.86. The molecule has 0 aliphatic rings. The lowest BCUT2D eigenvalue weighted by atomic mass is 10.2. The molecule has 0 saturated carbocycles. The predicted molar refractivity (Wildman–Crippen MR) is 74.3 cm³/mol. The zero-order chi connectivity index (χ0) is 13.0. The second-order valence-electron chi connectivity index (χ2n) is 4.47. The van der Waals surface area contributed by atoms with Crippen LogP contribution in [0.2, 0.25) is 0 Å². The summed E-state index contributed by atoms with van der Waals surface area (Å²) in [5.74, 6) is -0.0694. The molecule has 0 aliphatic heterocycles. The molecule has 0 atom stereocenters. The number of carbonyl (C=O) groups is 1. The monoisotopic (exact) mass is 265 g/mol. The highest BCUT2D eigenvalue weighted by Gasteiger charge is 2.11. The molecule has 0 bridgehead atoms. The van der Waals surface area contributed by atoms with E-state index in [0.29, 0.717) is 5.69 Å². The van der Waals surface area contributed by atoms with Crippen LogP contribution in [0.1, 0.15) is 48.0 Å². The molecular formula is C13H19N3OS. The summed E-state index contributed by atoms with van der Waals surface area (Å²) in [6.45, 7) is 4.95. The van der Waals surface area contributed by atoms with Gasteiger partial charge in [-0.1, -0.05) is 26.2 Å². The third kappa shape index (κ3) is 3.10. The van der Waals surface area contributed by atoms with Crippen LogP contribution in [-0.2, 0) is 0 Å². The first-order valence-corrected chi connectivity index (χ1v) is 7.25. The van der Waals surface area contributed by atoms with Gasteiger partial charge >= 0.3 is 0 Å². The highest BCUT2D eigenvalue weighted by Crippen LogP contribution is 2.16. The van der Waals surface area contributed by atoms with E-state index < -0.39 is 0 Å². The molecular weight excluding hydrogens is 246 g/mol. The molecule has 0 aliphatic carbocycles. The minimum Gasteiger partial charge on any atom is -0.351 e. The van der Waals surface area contributed by atoms with Crippen molar-refractivity contribution in [1.82, 2.24) is 14.7 Å². The van der Waals surface area contributed by atoms with Crippen molar-refractivity contribution in [2.45, 2.75) is 39.5 Å². The predicted octanol–water partition coefficient (Wildman–Crippen LogP) is 3.01. The lowest BCUT2D eigenvalue weighted by molar-refractivity contribution is 0.0948. The summed E-state index contributed by atoms with van der Waals surface area (Å²) in [5, 5.41) is 2.91. The lowest BCUT2D eigenvalue weighted by Crippen LogP contribution is -2.24. The Morgan fingerprint density at radius 1 is 1.39 bits per heavy atom. The van der Waals surface area contributed by atoms with Gasteiger partial charge in [-0.25, -0.2) is 4.98 Å². The second kappa shape index (κ2) is 6.00. The molecule has 0 unspecified atom stereocenters. The number of hydrogen-bond donors (Lipinski definition) is 1. The largest absolute Gasteiger partial charge is 0.351 e. The number of thiazole rings is 1. The van der Waals surface area contributed by atoms with Crippen LogP contribution in [0.25, 0.3) is 4.96 Å². The maximum Gasteiger partial charge on any atom is 0.271 e. The molecule has 18 heavy (non-hydrogen) atoms. The first kappa shape index (κ1) is 13.1. The minimum absolute atomic E-state index is 0.0694. The van der Waals surface area contributed by atoms with Crippen LogP contribution in [0, 0.1) is 6.92 Å². The maximum atomic E-state index is 11.8. The van der Waals surface area contributed by atoms with E-state index in [0.717, 1.165) is 17.9 Å². The van der Waals surface area contributed by atoms with E-state index in [1.807, 2.05) is 17.5 Å². The highest BCUT2D eigenvalue weighted by atomic mass is 32.1. The van der Waals surface area contributed by atoms with Crippen LogP contribution in [0.4, 0.5) is 0 Å². The average molecular weight is 265 g/mol. The molecule has 5 heteroatoms. The molecule has 1 amide bonds. The molecule has 2 aromatic rings. The molecule has 98 valence electrons. The number of nitrogens with zero attached hydrogens (tertiary/aromatic N) is 2. The van der Waals surface area contributed by atoms with Gasteiger partial charge in [-0.2, -0.15) is 0 Å². The number of aryl methyl sites for hydroxylation is 1. The molecule has 4 nitrogen and oxygen atoms in total. The van der Waals surface area contributed by atoms with E-state index in [2.05, 4.69) is 17.2 Å². The normalized spacial score (nSPS) is 11.0. The number of fused-ring (bicyclic) bond motifs is 1. The lowest BCUT2D eigenvalue weighted by Gasteiger charge is -2.02. The van der Waals surface area contributed by atoms with E-state index in [1.54, 1.807) is 17.5 Å². The van der Waals surface area contributed by atoms with E-state index in [-0.39, 0.29) is 5.91 Å². The quantitative estimate of drug-likeness (QED) is 0.816.